The summed E-state index contributed by atoms with van der Waals surface area (Å²) in [7, 11) is -3.35. The second kappa shape index (κ2) is 8.71. The zero-order valence-electron chi connectivity index (χ0n) is 19.3. The van der Waals surface area contributed by atoms with Crippen LogP contribution in [0.1, 0.15) is 25.3 Å². The van der Waals surface area contributed by atoms with Crippen molar-refractivity contribution in [2.45, 2.75) is 44.1 Å². The zero-order valence-corrected chi connectivity index (χ0v) is 20.1. The van der Waals surface area contributed by atoms with E-state index >= 15 is 0 Å². The molecule has 2 atom stereocenters. The molecule has 0 spiro atoms. The van der Waals surface area contributed by atoms with E-state index in [0.717, 1.165) is 37.9 Å². The highest BCUT2D eigenvalue weighted by molar-refractivity contribution is 7.88. The van der Waals surface area contributed by atoms with E-state index in [0.29, 0.717) is 35.6 Å². The Balaban J connectivity index is 1.45. The second-order valence-electron chi connectivity index (χ2n) is 9.12. The number of nitrogens with one attached hydrogen (secondary N) is 1. The Morgan fingerprint density at radius 2 is 1.91 bits per heavy atom. The van der Waals surface area contributed by atoms with Gasteiger partial charge in [0.25, 0.3) is 0 Å². The fourth-order valence-electron chi connectivity index (χ4n) is 4.71. The Labute approximate surface area is 201 Å². The topological polar surface area (TPSA) is 95.7 Å². The lowest BCUT2D eigenvalue weighted by atomic mass is 10.0. The molecule has 1 aliphatic heterocycles. The molecule has 2 unspecified atom stereocenters. The van der Waals surface area contributed by atoms with Gasteiger partial charge < -0.3 is 4.90 Å². The van der Waals surface area contributed by atoms with Crippen LogP contribution in [-0.4, -0.2) is 76.7 Å². The quantitative estimate of drug-likeness (QED) is 0.545. The van der Waals surface area contributed by atoms with E-state index in [4.69, 9.17) is 0 Å². The Morgan fingerprint density at radius 3 is 2.60 bits per heavy atom. The molecule has 4 heterocycles. The number of hydrogen-bond donors (Lipinski definition) is 1. The summed E-state index contributed by atoms with van der Waals surface area (Å²) >= 11 is 0. The first-order valence-corrected chi connectivity index (χ1v) is 13.2. The van der Waals surface area contributed by atoms with Crippen LogP contribution in [0.5, 0.6) is 0 Å². The number of halogens is 3. The highest BCUT2D eigenvalue weighted by Crippen LogP contribution is 2.34. The summed E-state index contributed by atoms with van der Waals surface area (Å²) in [4.78, 5) is 17.7. The maximum absolute atomic E-state index is 13.3. The van der Waals surface area contributed by atoms with Gasteiger partial charge >= 0.3 is 6.18 Å². The number of nitrogens with zero attached hydrogens (tertiary/aromatic N) is 6. The number of sulfonamides is 1. The molecule has 5 rings (SSSR count). The van der Waals surface area contributed by atoms with Gasteiger partial charge in [-0.3, -0.25) is 9.30 Å². The predicted octanol–water partition coefficient (Wildman–Crippen LogP) is 2.40. The molecule has 2 fully saturated rings. The Kier molecular flexibility index (Phi) is 5.96. The lowest BCUT2D eigenvalue weighted by Gasteiger charge is -2.46. The number of pyridine rings is 1. The fraction of sp³-hybridized carbons (Fsp3) is 0.500. The number of fused-ring (bicyclic) bond motifs is 1. The van der Waals surface area contributed by atoms with Gasteiger partial charge in [0.15, 0.2) is 0 Å². The highest BCUT2D eigenvalue weighted by Gasteiger charge is 2.42. The second-order valence-corrected chi connectivity index (χ2v) is 11.0. The summed E-state index contributed by atoms with van der Waals surface area (Å²) < 4.78 is 67.3. The predicted molar refractivity (Wildman–Crippen MR) is 124 cm³/mol. The van der Waals surface area contributed by atoms with E-state index in [1.807, 2.05) is 11.8 Å². The van der Waals surface area contributed by atoms with Crippen molar-refractivity contribution in [2.75, 3.05) is 30.8 Å². The number of anilines is 1. The number of alkyl halides is 3. The van der Waals surface area contributed by atoms with E-state index in [1.54, 1.807) is 12.3 Å². The molecule has 9 nitrogen and oxygen atoms in total. The third kappa shape index (κ3) is 4.98. The van der Waals surface area contributed by atoms with Crippen molar-refractivity contribution in [1.29, 1.82) is 0 Å². The van der Waals surface area contributed by atoms with Crippen LogP contribution in [0.2, 0.25) is 0 Å². The smallest absolute Gasteiger partial charge is 0.335 e. The standard InChI is InChI=1S/C22H26F3N7O2S/c1-14-18(12-28-35(2,33)34)31(16-4-5-16)10-9-30(14)21-26-8-7-17(29-21)19-11-27-20-6-3-15(13-32(19)20)22(23,24)25/h3,6-8,11,13-14,16,18,28H,4-5,9-10,12H2,1-2H3. The van der Waals surface area contributed by atoms with Gasteiger partial charge in [-0.25, -0.2) is 28.1 Å². The van der Waals surface area contributed by atoms with Crippen molar-refractivity contribution >= 4 is 21.6 Å². The third-order valence-electron chi connectivity index (χ3n) is 6.64. The maximum atomic E-state index is 13.3. The first kappa shape index (κ1) is 23.9. The normalized spacial score (nSPS) is 22.1. The van der Waals surface area contributed by atoms with Crippen LogP contribution in [0.3, 0.4) is 0 Å². The molecule has 0 radical (unpaired) electrons. The zero-order chi connectivity index (χ0) is 25.0. The third-order valence-corrected chi connectivity index (χ3v) is 7.33. The van der Waals surface area contributed by atoms with Gasteiger partial charge in [-0.2, -0.15) is 13.2 Å². The van der Waals surface area contributed by atoms with Crippen LogP contribution in [0.4, 0.5) is 19.1 Å². The van der Waals surface area contributed by atoms with Gasteiger partial charge in [-0.15, -0.1) is 0 Å². The maximum Gasteiger partial charge on any atom is 0.417 e. The first-order valence-electron chi connectivity index (χ1n) is 11.4. The lowest BCUT2D eigenvalue weighted by molar-refractivity contribution is -0.137. The number of hydrogen-bond acceptors (Lipinski definition) is 7. The summed E-state index contributed by atoms with van der Waals surface area (Å²) in [5.41, 5.74) is 0.481. The highest BCUT2D eigenvalue weighted by atomic mass is 32.2. The minimum atomic E-state index is -4.47. The minimum Gasteiger partial charge on any atom is -0.335 e. The van der Waals surface area contributed by atoms with Crippen molar-refractivity contribution in [3.8, 4) is 11.4 Å². The summed E-state index contributed by atoms with van der Waals surface area (Å²) in [6.45, 7) is 3.69. The Morgan fingerprint density at radius 1 is 1.14 bits per heavy atom. The van der Waals surface area contributed by atoms with Crippen LogP contribution < -0.4 is 9.62 Å². The van der Waals surface area contributed by atoms with Crippen molar-refractivity contribution in [3.05, 3.63) is 42.4 Å². The van der Waals surface area contributed by atoms with Gasteiger partial charge in [0.1, 0.15) is 5.65 Å². The molecular formula is C22H26F3N7O2S. The molecule has 0 amide bonds. The van der Waals surface area contributed by atoms with Crippen LogP contribution in [-0.2, 0) is 16.2 Å². The van der Waals surface area contributed by atoms with E-state index in [2.05, 4.69) is 24.6 Å². The van der Waals surface area contributed by atoms with Crippen LogP contribution in [0.15, 0.2) is 36.8 Å². The largest absolute Gasteiger partial charge is 0.417 e. The SMILES string of the molecule is CC1C(CNS(C)(=O)=O)N(C2CC2)CCN1c1nccc(-c2cnc3ccc(C(F)(F)F)cn23)n1. The minimum absolute atomic E-state index is 0.0663. The van der Waals surface area contributed by atoms with E-state index < -0.39 is 21.8 Å². The van der Waals surface area contributed by atoms with Crippen molar-refractivity contribution in [3.63, 3.8) is 0 Å². The van der Waals surface area contributed by atoms with Crippen LogP contribution in [0.25, 0.3) is 17.0 Å². The molecule has 1 saturated carbocycles. The first-order chi connectivity index (χ1) is 16.5. The number of piperazine rings is 1. The molecule has 3 aromatic heterocycles. The van der Waals surface area contributed by atoms with Crippen LogP contribution in [0, 0.1) is 0 Å². The van der Waals surface area contributed by atoms with E-state index in [9.17, 15) is 21.6 Å². The van der Waals surface area contributed by atoms with Crippen molar-refractivity contribution in [2.24, 2.45) is 0 Å². The van der Waals surface area contributed by atoms with Gasteiger partial charge in [0.2, 0.25) is 16.0 Å². The fourth-order valence-corrected chi connectivity index (χ4v) is 5.18. The van der Waals surface area contributed by atoms with Crippen molar-refractivity contribution in [1.82, 2.24) is 29.0 Å². The van der Waals surface area contributed by atoms with E-state index in [1.165, 1.54) is 16.7 Å². The molecule has 0 bridgehead atoms. The summed E-state index contributed by atoms with van der Waals surface area (Å²) in [6.07, 6.45) is 2.96. The molecular weight excluding hydrogens is 483 g/mol. The molecule has 35 heavy (non-hydrogen) atoms. The average molecular weight is 510 g/mol. The molecule has 1 N–H and O–H groups in total. The number of imidazole rings is 1. The van der Waals surface area contributed by atoms with Gasteiger partial charge in [0.05, 0.1) is 29.4 Å². The van der Waals surface area contributed by atoms with Crippen molar-refractivity contribution < 1.29 is 21.6 Å². The van der Waals surface area contributed by atoms with Gasteiger partial charge in [0, 0.05) is 50.2 Å². The molecule has 3 aromatic rings. The van der Waals surface area contributed by atoms with Gasteiger partial charge in [-0.1, -0.05) is 0 Å². The summed E-state index contributed by atoms with van der Waals surface area (Å²) in [5, 5.41) is 0. The van der Waals surface area contributed by atoms with Gasteiger partial charge in [-0.05, 0) is 38.0 Å². The molecule has 188 valence electrons. The summed E-state index contributed by atoms with van der Waals surface area (Å²) in [6, 6.07) is 4.27. The number of rotatable bonds is 6. The Hall–Kier alpha value is -2.77. The number of aromatic nitrogens is 4. The van der Waals surface area contributed by atoms with E-state index in [-0.39, 0.29) is 18.6 Å². The lowest BCUT2D eigenvalue weighted by Crippen LogP contribution is -2.62. The molecule has 1 saturated heterocycles. The molecule has 1 aliphatic carbocycles. The average Bonchev–Trinajstić information content (AvgIpc) is 3.55. The Bertz CT molecular complexity index is 1340. The monoisotopic (exact) mass is 509 g/mol. The van der Waals surface area contributed by atoms with Crippen LogP contribution >= 0.6 is 0 Å². The molecule has 0 aromatic carbocycles. The molecule has 13 heteroatoms. The summed E-state index contributed by atoms with van der Waals surface area (Å²) in [5.74, 6) is 0.441. The molecule has 2 aliphatic rings.